The molecule has 86 valence electrons. The molecule has 0 aliphatic carbocycles. The largest absolute Gasteiger partial charge is 0.322 e. The van der Waals surface area contributed by atoms with Gasteiger partial charge >= 0.3 is 0 Å². The molecule has 0 atom stereocenters. The van der Waals surface area contributed by atoms with Crippen LogP contribution in [0.1, 0.15) is 15.9 Å². The molecule has 1 aromatic carbocycles. The van der Waals surface area contributed by atoms with Gasteiger partial charge in [-0.2, -0.15) is 0 Å². The van der Waals surface area contributed by atoms with Crippen molar-refractivity contribution < 1.29 is 9.18 Å². The number of aryl methyl sites for hydroxylation is 1. The van der Waals surface area contributed by atoms with Gasteiger partial charge in [0.05, 0.1) is 5.56 Å². The SMILES string of the molecule is Cc1cc(NC(=O)c2cccnc2)ccc1F. The third kappa shape index (κ3) is 2.66. The molecule has 4 heteroatoms. The Morgan fingerprint density at radius 3 is 2.82 bits per heavy atom. The molecule has 17 heavy (non-hydrogen) atoms. The standard InChI is InChI=1S/C13H11FN2O/c1-9-7-11(4-5-12(9)14)16-13(17)10-3-2-6-15-8-10/h2-8H,1H3,(H,16,17). The van der Waals surface area contributed by atoms with Crippen LogP contribution in [0.25, 0.3) is 0 Å². The molecular formula is C13H11FN2O. The van der Waals surface area contributed by atoms with Gasteiger partial charge in [-0.05, 0) is 42.8 Å². The lowest BCUT2D eigenvalue weighted by Gasteiger charge is -2.06. The number of rotatable bonds is 2. The number of nitrogens with one attached hydrogen (secondary N) is 1. The van der Waals surface area contributed by atoms with E-state index in [1.165, 1.54) is 18.3 Å². The highest BCUT2D eigenvalue weighted by Gasteiger charge is 2.06. The second kappa shape index (κ2) is 4.74. The van der Waals surface area contributed by atoms with Crippen LogP contribution >= 0.6 is 0 Å². The fraction of sp³-hybridized carbons (Fsp3) is 0.0769. The highest BCUT2D eigenvalue weighted by Crippen LogP contribution is 2.14. The monoisotopic (exact) mass is 230 g/mol. The van der Waals surface area contributed by atoms with Gasteiger partial charge in [-0.3, -0.25) is 9.78 Å². The van der Waals surface area contributed by atoms with Crippen molar-refractivity contribution in [2.75, 3.05) is 5.32 Å². The molecule has 2 rings (SSSR count). The summed E-state index contributed by atoms with van der Waals surface area (Å²) in [5.74, 6) is -0.548. The van der Waals surface area contributed by atoms with Crippen LogP contribution in [0.15, 0.2) is 42.7 Å². The van der Waals surface area contributed by atoms with Crippen molar-refractivity contribution in [1.82, 2.24) is 4.98 Å². The van der Waals surface area contributed by atoms with Gasteiger partial charge in [0.2, 0.25) is 0 Å². The Bertz CT molecular complexity index is 540. The first-order chi connectivity index (χ1) is 8.16. The van der Waals surface area contributed by atoms with Gasteiger partial charge in [-0.1, -0.05) is 0 Å². The molecule has 0 spiro atoms. The molecule has 1 heterocycles. The average molecular weight is 230 g/mol. The Hall–Kier alpha value is -2.23. The van der Waals surface area contributed by atoms with E-state index in [-0.39, 0.29) is 11.7 Å². The lowest BCUT2D eigenvalue weighted by Crippen LogP contribution is -2.12. The average Bonchev–Trinajstić information content (AvgIpc) is 2.35. The maximum absolute atomic E-state index is 13.0. The molecule has 1 amide bonds. The zero-order valence-corrected chi connectivity index (χ0v) is 9.27. The summed E-state index contributed by atoms with van der Waals surface area (Å²) in [4.78, 5) is 15.6. The first kappa shape index (κ1) is 11.3. The Labute approximate surface area is 98.3 Å². The molecule has 1 aromatic heterocycles. The van der Waals surface area contributed by atoms with Crippen LogP contribution in [0.5, 0.6) is 0 Å². The number of halogens is 1. The van der Waals surface area contributed by atoms with Crippen molar-refractivity contribution in [3.05, 3.63) is 59.7 Å². The maximum Gasteiger partial charge on any atom is 0.257 e. The lowest BCUT2D eigenvalue weighted by molar-refractivity contribution is 0.102. The third-order valence-electron chi connectivity index (χ3n) is 2.34. The van der Waals surface area contributed by atoms with Gasteiger partial charge in [-0.15, -0.1) is 0 Å². The smallest absolute Gasteiger partial charge is 0.257 e. The van der Waals surface area contributed by atoms with Gasteiger partial charge in [-0.25, -0.2) is 4.39 Å². The van der Waals surface area contributed by atoms with Crippen molar-refractivity contribution >= 4 is 11.6 Å². The topological polar surface area (TPSA) is 42.0 Å². The number of nitrogens with zero attached hydrogens (tertiary/aromatic N) is 1. The Balaban J connectivity index is 2.16. The molecule has 0 aliphatic rings. The fourth-order valence-electron chi connectivity index (χ4n) is 1.42. The number of carbonyl (C=O) groups excluding carboxylic acids is 1. The number of hydrogen-bond donors (Lipinski definition) is 1. The molecular weight excluding hydrogens is 219 g/mol. The summed E-state index contributed by atoms with van der Waals surface area (Å²) in [6.07, 6.45) is 3.07. The highest BCUT2D eigenvalue weighted by atomic mass is 19.1. The number of hydrogen-bond acceptors (Lipinski definition) is 2. The highest BCUT2D eigenvalue weighted by molar-refractivity contribution is 6.04. The van der Waals surface area contributed by atoms with E-state index in [0.29, 0.717) is 16.8 Å². The summed E-state index contributed by atoms with van der Waals surface area (Å²) >= 11 is 0. The lowest BCUT2D eigenvalue weighted by atomic mass is 10.2. The maximum atomic E-state index is 13.0. The number of carbonyl (C=O) groups is 1. The van der Waals surface area contributed by atoms with E-state index in [1.807, 2.05) is 0 Å². The third-order valence-corrected chi connectivity index (χ3v) is 2.34. The predicted octanol–water partition coefficient (Wildman–Crippen LogP) is 2.78. The summed E-state index contributed by atoms with van der Waals surface area (Å²) in [6.45, 7) is 1.65. The minimum absolute atomic E-state index is 0.260. The number of aromatic nitrogens is 1. The second-order valence-corrected chi connectivity index (χ2v) is 3.66. The van der Waals surface area contributed by atoms with E-state index in [0.717, 1.165) is 0 Å². The second-order valence-electron chi connectivity index (χ2n) is 3.66. The summed E-state index contributed by atoms with van der Waals surface area (Å²) < 4.78 is 13.0. The zero-order chi connectivity index (χ0) is 12.3. The van der Waals surface area contributed by atoms with E-state index < -0.39 is 0 Å². The predicted molar refractivity (Wildman–Crippen MR) is 63.3 cm³/mol. The van der Waals surface area contributed by atoms with E-state index in [9.17, 15) is 9.18 Å². The van der Waals surface area contributed by atoms with Crippen LogP contribution in [-0.4, -0.2) is 10.9 Å². The number of amides is 1. The number of anilines is 1. The van der Waals surface area contributed by atoms with E-state index in [4.69, 9.17) is 0 Å². The molecule has 1 N–H and O–H groups in total. The Morgan fingerprint density at radius 2 is 2.18 bits per heavy atom. The summed E-state index contributed by atoms with van der Waals surface area (Å²) in [7, 11) is 0. The molecule has 0 bridgehead atoms. The Kier molecular flexibility index (Phi) is 3.14. The van der Waals surface area contributed by atoms with Crippen LogP contribution in [0, 0.1) is 12.7 Å². The van der Waals surface area contributed by atoms with Crippen LogP contribution < -0.4 is 5.32 Å². The molecule has 0 radical (unpaired) electrons. The zero-order valence-electron chi connectivity index (χ0n) is 9.27. The van der Waals surface area contributed by atoms with Gasteiger partial charge in [0, 0.05) is 18.1 Å². The molecule has 2 aromatic rings. The molecule has 0 saturated carbocycles. The molecule has 3 nitrogen and oxygen atoms in total. The van der Waals surface area contributed by atoms with Crippen molar-refractivity contribution in [3.8, 4) is 0 Å². The minimum atomic E-state index is -0.288. The van der Waals surface area contributed by atoms with Crippen molar-refractivity contribution in [3.63, 3.8) is 0 Å². The summed E-state index contributed by atoms with van der Waals surface area (Å²) in [5.41, 5.74) is 1.53. The van der Waals surface area contributed by atoms with Crippen LogP contribution in [0.2, 0.25) is 0 Å². The normalized spacial score (nSPS) is 10.0. The van der Waals surface area contributed by atoms with Gasteiger partial charge in [0.1, 0.15) is 5.82 Å². The van der Waals surface area contributed by atoms with Gasteiger partial charge < -0.3 is 5.32 Å². The minimum Gasteiger partial charge on any atom is -0.322 e. The quantitative estimate of drug-likeness (QED) is 0.861. The van der Waals surface area contributed by atoms with E-state index in [1.54, 1.807) is 31.3 Å². The van der Waals surface area contributed by atoms with Crippen LogP contribution in [0.4, 0.5) is 10.1 Å². The van der Waals surface area contributed by atoms with E-state index >= 15 is 0 Å². The van der Waals surface area contributed by atoms with E-state index in [2.05, 4.69) is 10.3 Å². The first-order valence-corrected chi connectivity index (χ1v) is 5.14. The number of benzene rings is 1. The summed E-state index contributed by atoms with van der Waals surface area (Å²) in [5, 5.41) is 2.68. The first-order valence-electron chi connectivity index (χ1n) is 5.14. The number of pyridine rings is 1. The van der Waals surface area contributed by atoms with Crippen LogP contribution in [-0.2, 0) is 0 Å². The van der Waals surface area contributed by atoms with Gasteiger partial charge in [0.25, 0.3) is 5.91 Å². The van der Waals surface area contributed by atoms with Gasteiger partial charge in [0.15, 0.2) is 0 Å². The summed E-state index contributed by atoms with van der Waals surface area (Å²) in [6, 6.07) is 7.79. The van der Waals surface area contributed by atoms with Crippen LogP contribution in [0.3, 0.4) is 0 Å². The van der Waals surface area contributed by atoms with Crippen molar-refractivity contribution in [1.29, 1.82) is 0 Å². The van der Waals surface area contributed by atoms with Crippen molar-refractivity contribution in [2.24, 2.45) is 0 Å². The molecule has 0 fully saturated rings. The Morgan fingerprint density at radius 1 is 1.35 bits per heavy atom. The fourth-order valence-corrected chi connectivity index (χ4v) is 1.42. The molecule has 0 unspecified atom stereocenters. The molecule has 0 aliphatic heterocycles. The molecule has 0 saturated heterocycles. The van der Waals surface area contributed by atoms with Crippen molar-refractivity contribution in [2.45, 2.75) is 6.92 Å².